The van der Waals surface area contributed by atoms with Crippen molar-refractivity contribution in [2.75, 3.05) is 7.05 Å². The standard InChI is InChI=1S/C9H10FNO2.2C2H6/c1-6-5-7(3-4-8(6)10)13-9(12)11-2;2*1-2/h3-5H,1-2H3,(H,11,12);2*1-2H3. The van der Waals surface area contributed by atoms with Crippen LogP contribution < -0.4 is 10.1 Å². The minimum atomic E-state index is -0.564. The Kier molecular flexibility index (Phi) is 11.4. The highest BCUT2D eigenvalue weighted by molar-refractivity contribution is 5.69. The van der Waals surface area contributed by atoms with E-state index in [1.807, 2.05) is 27.7 Å². The van der Waals surface area contributed by atoms with Crippen LogP contribution in [-0.4, -0.2) is 13.1 Å². The number of ether oxygens (including phenoxy) is 1. The Labute approximate surface area is 103 Å². The van der Waals surface area contributed by atoms with Crippen molar-refractivity contribution in [1.29, 1.82) is 0 Å². The van der Waals surface area contributed by atoms with Gasteiger partial charge < -0.3 is 10.1 Å². The van der Waals surface area contributed by atoms with Gasteiger partial charge in [0.1, 0.15) is 11.6 Å². The number of hydrogen-bond donors (Lipinski definition) is 1. The Morgan fingerprint density at radius 3 is 2.18 bits per heavy atom. The van der Waals surface area contributed by atoms with Gasteiger partial charge in [-0.05, 0) is 30.7 Å². The highest BCUT2D eigenvalue weighted by atomic mass is 19.1. The van der Waals surface area contributed by atoms with Crippen molar-refractivity contribution in [1.82, 2.24) is 5.32 Å². The topological polar surface area (TPSA) is 38.3 Å². The second-order valence-corrected chi connectivity index (χ2v) is 2.55. The fourth-order valence-electron chi connectivity index (χ4n) is 0.839. The zero-order valence-corrected chi connectivity index (χ0v) is 11.4. The Balaban J connectivity index is 0. The number of halogens is 1. The molecular formula is C13H22FNO2. The van der Waals surface area contributed by atoms with Gasteiger partial charge in [-0.25, -0.2) is 9.18 Å². The summed E-state index contributed by atoms with van der Waals surface area (Å²) in [6.45, 7) is 9.60. The lowest BCUT2D eigenvalue weighted by atomic mass is 10.2. The van der Waals surface area contributed by atoms with E-state index in [0.717, 1.165) is 0 Å². The molecule has 0 aromatic heterocycles. The molecule has 1 aromatic rings. The van der Waals surface area contributed by atoms with Crippen LogP contribution in [0.25, 0.3) is 0 Å². The fraction of sp³-hybridized carbons (Fsp3) is 0.462. The van der Waals surface area contributed by atoms with Crippen LogP contribution >= 0.6 is 0 Å². The van der Waals surface area contributed by atoms with E-state index < -0.39 is 6.09 Å². The minimum Gasteiger partial charge on any atom is -0.410 e. The predicted octanol–water partition coefficient (Wildman–Crippen LogP) is 3.90. The maximum Gasteiger partial charge on any atom is 0.412 e. The SMILES string of the molecule is CC.CC.CNC(=O)Oc1ccc(F)c(C)c1. The fourth-order valence-corrected chi connectivity index (χ4v) is 0.839. The lowest BCUT2D eigenvalue weighted by Gasteiger charge is -2.03. The third-order valence-electron chi connectivity index (χ3n) is 1.54. The number of aryl methyl sites for hydroxylation is 1. The van der Waals surface area contributed by atoms with Crippen LogP contribution in [0.1, 0.15) is 33.3 Å². The Morgan fingerprint density at radius 2 is 1.76 bits per heavy atom. The van der Waals surface area contributed by atoms with Crippen LogP contribution in [0.4, 0.5) is 9.18 Å². The third kappa shape index (κ3) is 7.33. The van der Waals surface area contributed by atoms with E-state index in [1.54, 1.807) is 6.92 Å². The summed E-state index contributed by atoms with van der Waals surface area (Å²) in [7, 11) is 1.46. The first kappa shape index (κ1) is 17.8. The molecule has 0 saturated heterocycles. The van der Waals surface area contributed by atoms with Crippen LogP contribution in [0.5, 0.6) is 5.75 Å². The zero-order valence-electron chi connectivity index (χ0n) is 11.4. The van der Waals surface area contributed by atoms with E-state index >= 15 is 0 Å². The van der Waals surface area contributed by atoms with Crippen LogP contribution in [-0.2, 0) is 0 Å². The molecule has 4 heteroatoms. The van der Waals surface area contributed by atoms with Gasteiger partial charge in [-0.3, -0.25) is 0 Å². The van der Waals surface area contributed by atoms with Crippen LogP contribution in [0, 0.1) is 12.7 Å². The largest absolute Gasteiger partial charge is 0.412 e. The number of carbonyl (C=O) groups excluding carboxylic acids is 1. The molecule has 0 atom stereocenters. The summed E-state index contributed by atoms with van der Waals surface area (Å²) in [6, 6.07) is 4.12. The highest BCUT2D eigenvalue weighted by Gasteiger charge is 2.03. The molecule has 0 aliphatic carbocycles. The Hall–Kier alpha value is -1.58. The maximum atomic E-state index is 12.8. The molecule has 0 unspecified atom stereocenters. The van der Waals surface area contributed by atoms with Crippen LogP contribution in [0.2, 0.25) is 0 Å². The molecule has 3 nitrogen and oxygen atoms in total. The molecule has 0 saturated carbocycles. The van der Waals surface area contributed by atoms with Gasteiger partial charge in [-0.1, -0.05) is 27.7 Å². The number of benzene rings is 1. The van der Waals surface area contributed by atoms with E-state index in [0.29, 0.717) is 11.3 Å². The molecule has 1 aromatic carbocycles. The van der Waals surface area contributed by atoms with E-state index in [-0.39, 0.29) is 5.82 Å². The van der Waals surface area contributed by atoms with Gasteiger partial charge in [0.2, 0.25) is 0 Å². The Morgan fingerprint density at radius 1 is 1.24 bits per heavy atom. The maximum absolute atomic E-state index is 12.8. The van der Waals surface area contributed by atoms with Crippen molar-refractivity contribution < 1.29 is 13.9 Å². The van der Waals surface area contributed by atoms with Gasteiger partial charge in [0.25, 0.3) is 0 Å². The molecule has 0 aliphatic rings. The molecule has 0 aliphatic heterocycles. The highest BCUT2D eigenvalue weighted by Crippen LogP contribution is 2.15. The van der Waals surface area contributed by atoms with E-state index in [1.165, 1.54) is 25.2 Å². The van der Waals surface area contributed by atoms with Crippen molar-refractivity contribution in [3.8, 4) is 5.75 Å². The number of nitrogens with one attached hydrogen (secondary N) is 1. The number of hydrogen-bond acceptors (Lipinski definition) is 2. The summed E-state index contributed by atoms with van der Waals surface area (Å²) in [4.78, 5) is 10.8. The molecule has 0 fully saturated rings. The van der Waals surface area contributed by atoms with E-state index in [2.05, 4.69) is 5.32 Å². The van der Waals surface area contributed by atoms with Gasteiger partial charge in [-0.15, -0.1) is 0 Å². The summed E-state index contributed by atoms with van der Waals surface area (Å²) < 4.78 is 17.5. The third-order valence-corrected chi connectivity index (χ3v) is 1.54. The minimum absolute atomic E-state index is 0.316. The first-order valence-electron chi connectivity index (χ1n) is 5.79. The molecule has 0 spiro atoms. The summed E-state index contributed by atoms with van der Waals surface area (Å²) in [5.41, 5.74) is 0.446. The normalized spacial score (nSPS) is 7.94. The number of rotatable bonds is 1. The summed E-state index contributed by atoms with van der Waals surface area (Å²) in [5.74, 6) is 0.0162. The van der Waals surface area contributed by atoms with Gasteiger partial charge in [0, 0.05) is 7.05 Å². The molecule has 0 bridgehead atoms. The molecule has 0 heterocycles. The van der Waals surface area contributed by atoms with Crippen molar-refractivity contribution in [3.05, 3.63) is 29.6 Å². The quantitative estimate of drug-likeness (QED) is 0.812. The molecule has 17 heavy (non-hydrogen) atoms. The van der Waals surface area contributed by atoms with Crippen LogP contribution in [0.15, 0.2) is 18.2 Å². The Bertz CT molecular complexity index is 327. The van der Waals surface area contributed by atoms with Gasteiger partial charge in [0.15, 0.2) is 0 Å². The van der Waals surface area contributed by atoms with Gasteiger partial charge in [0.05, 0.1) is 0 Å². The van der Waals surface area contributed by atoms with Gasteiger partial charge in [-0.2, -0.15) is 0 Å². The zero-order chi connectivity index (χ0) is 13.8. The molecule has 1 amide bonds. The molecule has 98 valence electrons. The molecular weight excluding hydrogens is 221 g/mol. The monoisotopic (exact) mass is 243 g/mol. The lowest BCUT2D eigenvalue weighted by molar-refractivity contribution is 0.203. The second-order valence-electron chi connectivity index (χ2n) is 2.55. The van der Waals surface area contributed by atoms with Crippen molar-refractivity contribution >= 4 is 6.09 Å². The molecule has 1 rings (SSSR count). The van der Waals surface area contributed by atoms with Crippen molar-refractivity contribution in [2.24, 2.45) is 0 Å². The summed E-state index contributed by atoms with van der Waals surface area (Å²) >= 11 is 0. The summed E-state index contributed by atoms with van der Waals surface area (Å²) in [5, 5.41) is 2.29. The van der Waals surface area contributed by atoms with Crippen molar-refractivity contribution in [3.63, 3.8) is 0 Å². The average molecular weight is 243 g/mol. The average Bonchev–Trinajstić information content (AvgIpc) is 2.38. The van der Waals surface area contributed by atoms with Gasteiger partial charge >= 0.3 is 6.09 Å². The number of carbonyl (C=O) groups is 1. The summed E-state index contributed by atoms with van der Waals surface area (Å²) in [6.07, 6.45) is -0.564. The van der Waals surface area contributed by atoms with Crippen LogP contribution in [0.3, 0.4) is 0 Å². The second kappa shape index (κ2) is 10.9. The lowest BCUT2D eigenvalue weighted by Crippen LogP contribution is -2.22. The van der Waals surface area contributed by atoms with E-state index in [9.17, 15) is 9.18 Å². The van der Waals surface area contributed by atoms with E-state index in [4.69, 9.17) is 4.74 Å². The first-order valence-corrected chi connectivity index (χ1v) is 5.79. The predicted molar refractivity (Wildman–Crippen MR) is 68.9 cm³/mol. The smallest absolute Gasteiger partial charge is 0.410 e. The number of amides is 1. The first-order chi connectivity index (χ1) is 8.13. The molecule has 0 radical (unpaired) electrons. The molecule has 1 N–H and O–H groups in total. The van der Waals surface area contributed by atoms with Crippen molar-refractivity contribution in [2.45, 2.75) is 34.6 Å².